The van der Waals surface area contributed by atoms with E-state index in [-0.39, 0.29) is 23.3 Å². The third kappa shape index (κ3) is 3.74. The molecule has 3 aliphatic rings. The minimum absolute atomic E-state index is 0.0149. The Balaban J connectivity index is 1.32. The molecule has 7 nitrogen and oxygen atoms in total. The summed E-state index contributed by atoms with van der Waals surface area (Å²) in [6, 6.07) is 8.05. The molecule has 1 aromatic carbocycles. The lowest BCUT2D eigenvalue weighted by Gasteiger charge is -2.28. The zero-order valence-corrected chi connectivity index (χ0v) is 17.4. The van der Waals surface area contributed by atoms with E-state index in [2.05, 4.69) is 16.0 Å². The van der Waals surface area contributed by atoms with Gasteiger partial charge in [-0.15, -0.1) is 0 Å². The molecule has 1 saturated carbocycles. The summed E-state index contributed by atoms with van der Waals surface area (Å²) in [6.45, 7) is 3.67. The number of nitrogens with one attached hydrogen (secondary N) is 1. The molecule has 1 aromatic heterocycles. The van der Waals surface area contributed by atoms with Crippen molar-refractivity contribution in [1.82, 2.24) is 19.8 Å². The van der Waals surface area contributed by atoms with Crippen LogP contribution in [0, 0.1) is 5.92 Å². The van der Waals surface area contributed by atoms with E-state index in [0.717, 1.165) is 67.3 Å². The first-order valence-electron chi connectivity index (χ1n) is 10.9. The zero-order valence-electron chi connectivity index (χ0n) is 17.4. The average molecular weight is 409 g/mol. The number of aromatic nitrogens is 2. The summed E-state index contributed by atoms with van der Waals surface area (Å²) >= 11 is 0. The minimum Gasteiger partial charge on any atom is -0.496 e. The van der Waals surface area contributed by atoms with E-state index in [1.165, 1.54) is 0 Å². The van der Waals surface area contributed by atoms with Crippen LogP contribution in [-0.2, 0) is 24.3 Å². The Morgan fingerprint density at radius 2 is 2.07 bits per heavy atom. The summed E-state index contributed by atoms with van der Waals surface area (Å²) in [5, 5.41) is 0. The Labute approximate surface area is 176 Å². The average Bonchev–Trinajstić information content (AvgIpc) is 3.49. The van der Waals surface area contributed by atoms with Crippen molar-refractivity contribution in [3.63, 3.8) is 0 Å². The first-order valence-corrected chi connectivity index (χ1v) is 10.9. The number of aromatic amines is 1. The van der Waals surface area contributed by atoms with Gasteiger partial charge in [-0.25, -0.2) is 4.98 Å². The second kappa shape index (κ2) is 7.87. The van der Waals surface area contributed by atoms with Crippen molar-refractivity contribution in [3.05, 3.63) is 57.3 Å². The number of hydrogen-bond acceptors (Lipinski definition) is 5. The van der Waals surface area contributed by atoms with Crippen LogP contribution >= 0.6 is 0 Å². The van der Waals surface area contributed by atoms with Crippen molar-refractivity contribution in [2.24, 2.45) is 5.92 Å². The van der Waals surface area contributed by atoms with Crippen LogP contribution in [0.5, 0.6) is 5.75 Å². The van der Waals surface area contributed by atoms with Gasteiger partial charge in [-0.1, -0.05) is 18.2 Å². The van der Waals surface area contributed by atoms with E-state index in [9.17, 15) is 9.59 Å². The minimum atomic E-state index is -0.0149. The molecule has 1 aliphatic carbocycles. The molecule has 5 rings (SSSR count). The SMILES string of the molecule is COc1ccccc1CN1CCc2c(nc([C@H]3CCN(C(=O)C4CC4)C3)[nH]c2=O)C1. The number of hydrogen-bond donors (Lipinski definition) is 1. The highest BCUT2D eigenvalue weighted by Gasteiger charge is 2.37. The number of nitrogens with zero attached hydrogens (tertiary/aromatic N) is 3. The van der Waals surface area contributed by atoms with Crippen molar-refractivity contribution in [1.29, 1.82) is 0 Å². The Hall–Kier alpha value is -2.67. The summed E-state index contributed by atoms with van der Waals surface area (Å²) in [7, 11) is 1.69. The van der Waals surface area contributed by atoms with Crippen molar-refractivity contribution >= 4 is 5.91 Å². The van der Waals surface area contributed by atoms with Gasteiger partial charge in [-0.05, 0) is 31.7 Å². The molecule has 2 aromatic rings. The largest absolute Gasteiger partial charge is 0.496 e. The quantitative estimate of drug-likeness (QED) is 0.819. The van der Waals surface area contributed by atoms with Gasteiger partial charge < -0.3 is 14.6 Å². The number of fused-ring (bicyclic) bond motifs is 1. The fourth-order valence-corrected chi connectivity index (χ4v) is 4.69. The maximum atomic E-state index is 12.7. The Morgan fingerprint density at radius 1 is 1.23 bits per heavy atom. The third-order valence-corrected chi connectivity index (χ3v) is 6.57. The molecule has 158 valence electrons. The predicted octanol–water partition coefficient (Wildman–Crippen LogP) is 2.06. The van der Waals surface area contributed by atoms with Crippen LogP contribution in [0.3, 0.4) is 0 Å². The molecule has 0 unspecified atom stereocenters. The molecular formula is C23H28N4O3. The summed E-state index contributed by atoms with van der Waals surface area (Å²) in [6.07, 6.45) is 3.61. The van der Waals surface area contributed by atoms with Crippen LogP contribution in [0.25, 0.3) is 0 Å². The second-order valence-corrected chi connectivity index (χ2v) is 8.69. The number of carbonyl (C=O) groups is 1. The molecule has 30 heavy (non-hydrogen) atoms. The topological polar surface area (TPSA) is 78.5 Å². The molecule has 1 N–H and O–H groups in total. The lowest BCUT2D eigenvalue weighted by atomic mass is 10.0. The number of ether oxygens (including phenoxy) is 1. The molecular weight excluding hydrogens is 380 g/mol. The third-order valence-electron chi connectivity index (χ3n) is 6.57. The predicted molar refractivity (Wildman–Crippen MR) is 112 cm³/mol. The summed E-state index contributed by atoms with van der Waals surface area (Å²) in [4.78, 5) is 37.3. The van der Waals surface area contributed by atoms with Crippen LogP contribution in [-0.4, -0.2) is 52.4 Å². The van der Waals surface area contributed by atoms with Crippen LogP contribution in [0.2, 0.25) is 0 Å². The van der Waals surface area contributed by atoms with Gasteiger partial charge in [0.2, 0.25) is 5.91 Å². The number of methoxy groups -OCH3 is 1. The fraction of sp³-hybridized carbons (Fsp3) is 0.522. The van der Waals surface area contributed by atoms with Crippen LogP contribution < -0.4 is 10.3 Å². The van der Waals surface area contributed by atoms with Crippen molar-refractivity contribution in [2.75, 3.05) is 26.7 Å². The first-order chi connectivity index (χ1) is 14.6. The Morgan fingerprint density at radius 3 is 2.87 bits per heavy atom. The lowest BCUT2D eigenvalue weighted by molar-refractivity contribution is -0.131. The number of rotatable bonds is 5. The molecule has 0 radical (unpaired) electrons. The van der Waals surface area contributed by atoms with Gasteiger partial charge in [0.1, 0.15) is 11.6 Å². The van der Waals surface area contributed by atoms with Gasteiger partial charge in [-0.2, -0.15) is 0 Å². The Kier molecular flexibility index (Phi) is 5.06. The van der Waals surface area contributed by atoms with Gasteiger partial charge in [0.25, 0.3) is 5.56 Å². The molecule has 0 spiro atoms. The molecule has 1 amide bonds. The summed E-state index contributed by atoms with van der Waals surface area (Å²) < 4.78 is 5.48. The molecule has 2 fully saturated rings. The van der Waals surface area contributed by atoms with Gasteiger partial charge >= 0.3 is 0 Å². The van der Waals surface area contributed by atoms with E-state index >= 15 is 0 Å². The normalized spacial score (nSPS) is 21.5. The first kappa shape index (κ1) is 19.3. The van der Waals surface area contributed by atoms with Crippen molar-refractivity contribution in [2.45, 2.75) is 44.7 Å². The maximum absolute atomic E-state index is 12.7. The van der Waals surface area contributed by atoms with Gasteiger partial charge in [0, 0.05) is 55.7 Å². The van der Waals surface area contributed by atoms with Crippen molar-refractivity contribution in [3.8, 4) is 5.75 Å². The maximum Gasteiger partial charge on any atom is 0.254 e. The highest BCUT2D eigenvalue weighted by molar-refractivity contribution is 5.81. The fourth-order valence-electron chi connectivity index (χ4n) is 4.69. The second-order valence-electron chi connectivity index (χ2n) is 8.69. The lowest BCUT2D eigenvalue weighted by Crippen LogP contribution is -2.36. The van der Waals surface area contributed by atoms with Gasteiger partial charge in [0.05, 0.1) is 12.8 Å². The molecule has 7 heteroatoms. The molecule has 0 bridgehead atoms. The number of para-hydroxylation sites is 1. The highest BCUT2D eigenvalue weighted by atomic mass is 16.5. The number of H-pyrrole nitrogens is 1. The van der Waals surface area contributed by atoms with E-state index in [4.69, 9.17) is 9.72 Å². The van der Waals surface area contributed by atoms with E-state index < -0.39 is 0 Å². The Bertz CT molecular complexity index is 1010. The summed E-state index contributed by atoms with van der Waals surface area (Å²) in [5.74, 6) is 2.26. The summed E-state index contributed by atoms with van der Waals surface area (Å²) in [5.41, 5.74) is 2.80. The molecule has 3 heterocycles. The number of benzene rings is 1. The monoisotopic (exact) mass is 408 g/mol. The van der Waals surface area contributed by atoms with Crippen LogP contribution in [0.15, 0.2) is 29.1 Å². The number of amides is 1. The zero-order chi connectivity index (χ0) is 20.7. The highest BCUT2D eigenvalue weighted by Crippen LogP contribution is 2.34. The van der Waals surface area contributed by atoms with E-state index in [0.29, 0.717) is 19.5 Å². The molecule has 1 atom stereocenters. The molecule has 1 saturated heterocycles. The standard InChI is InChI=1S/C23H28N4O3/c1-30-20-5-3-2-4-16(20)12-26-10-9-18-19(14-26)24-21(25-22(18)28)17-8-11-27(13-17)23(29)15-6-7-15/h2-5,15,17H,6-14H2,1H3,(H,24,25,28)/t17-/m0/s1. The van der Waals surface area contributed by atoms with Crippen LogP contribution in [0.1, 0.15) is 47.8 Å². The number of carbonyl (C=O) groups excluding carboxylic acids is 1. The van der Waals surface area contributed by atoms with Crippen molar-refractivity contribution < 1.29 is 9.53 Å². The van der Waals surface area contributed by atoms with E-state index in [1.807, 2.05) is 23.1 Å². The smallest absolute Gasteiger partial charge is 0.254 e. The van der Waals surface area contributed by atoms with Crippen LogP contribution in [0.4, 0.5) is 0 Å². The van der Waals surface area contributed by atoms with E-state index in [1.54, 1.807) is 7.11 Å². The molecule has 2 aliphatic heterocycles. The number of likely N-dealkylation sites (tertiary alicyclic amines) is 1. The van der Waals surface area contributed by atoms with Gasteiger partial charge in [0.15, 0.2) is 0 Å². The van der Waals surface area contributed by atoms with Gasteiger partial charge in [-0.3, -0.25) is 14.5 Å².